The number of Topliss-reactive ketones (excluding diaryl/α,β-unsaturated/α-hetero) is 1. The lowest BCUT2D eigenvalue weighted by Crippen LogP contribution is -2.55. The second kappa shape index (κ2) is 22.7. The van der Waals surface area contributed by atoms with Crippen LogP contribution < -0.4 is 10.1 Å². The van der Waals surface area contributed by atoms with Crippen molar-refractivity contribution in [2.24, 2.45) is 11.8 Å². The third-order valence-electron chi connectivity index (χ3n) is 7.99. The molecule has 0 radical (unpaired) electrons. The Balaban J connectivity index is 2.82. The monoisotopic (exact) mass is 661 g/mol. The highest BCUT2D eigenvalue weighted by molar-refractivity contribution is 5.94. The van der Waals surface area contributed by atoms with Crippen molar-refractivity contribution in [2.75, 3.05) is 6.61 Å². The lowest BCUT2D eigenvalue weighted by molar-refractivity contribution is -0.172. The van der Waals surface area contributed by atoms with E-state index in [9.17, 15) is 44.4 Å². The highest BCUT2D eigenvalue weighted by Crippen LogP contribution is 2.26. The maximum atomic E-state index is 13.3. The molecule has 0 saturated carbocycles. The number of unbranched alkanes of at least 4 members (excludes halogenated alkanes) is 8. The molecule has 3 unspecified atom stereocenters. The van der Waals surface area contributed by atoms with Crippen LogP contribution in [0.2, 0.25) is 0 Å². The Morgan fingerprint density at radius 1 is 0.872 bits per heavy atom. The van der Waals surface area contributed by atoms with E-state index in [0.29, 0.717) is 49.5 Å². The largest absolute Gasteiger partial charge is 0.494 e. The van der Waals surface area contributed by atoms with Crippen LogP contribution >= 0.6 is 0 Å². The molecule has 1 aromatic carbocycles. The smallest absolute Gasteiger partial charge is 0.337 e. The van der Waals surface area contributed by atoms with Crippen LogP contribution in [0.15, 0.2) is 36.4 Å². The lowest BCUT2D eigenvalue weighted by atomic mass is 9.82. The number of ketones is 1. The third-order valence-corrected chi connectivity index (χ3v) is 7.99. The number of carboxylic acid groups (broad SMARTS) is 3. The zero-order valence-electron chi connectivity index (χ0n) is 28.2. The molecule has 0 heterocycles. The zero-order valence-corrected chi connectivity index (χ0v) is 28.2. The molecular weight excluding hydrogens is 606 g/mol. The SMILES string of the molecule is CCCCCCCC(=O)CCCCCC/C=C/C(C(=O)NC(Cc1ccc(OCCC(C)C)cc1)C(=O)O)C(O)(CC(=O)O)C(=O)O. The highest BCUT2D eigenvalue weighted by atomic mass is 16.5. The van der Waals surface area contributed by atoms with Gasteiger partial charge in [0, 0.05) is 19.3 Å². The number of hydrogen-bond acceptors (Lipinski definition) is 7. The van der Waals surface area contributed by atoms with Gasteiger partial charge >= 0.3 is 17.9 Å². The zero-order chi connectivity index (χ0) is 35.2. The number of aliphatic carboxylic acids is 3. The predicted molar refractivity (Wildman–Crippen MR) is 178 cm³/mol. The number of hydrogen-bond donors (Lipinski definition) is 5. The molecule has 0 aliphatic heterocycles. The number of rotatable bonds is 27. The van der Waals surface area contributed by atoms with Gasteiger partial charge in [0.25, 0.3) is 0 Å². The molecule has 0 aromatic heterocycles. The predicted octanol–water partition coefficient (Wildman–Crippen LogP) is 5.96. The van der Waals surface area contributed by atoms with Crippen molar-refractivity contribution in [1.29, 1.82) is 0 Å². The average Bonchev–Trinajstić information content (AvgIpc) is 2.99. The molecule has 11 nitrogen and oxygen atoms in total. The van der Waals surface area contributed by atoms with Crippen molar-refractivity contribution in [3.8, 4) is 5.75 Å². The summed E-state index contributed by atoms with van der Waals surface area (Å²) < 4.78 is 5.68. The van der Waals surface area contributed by atoms with Gasteiger partial charge < -0.3 is 30.5 Å². The number of carboxylic acids is 3. The van der Waals surface area contributed by atoms with Crippen LogP contribution in [-0.2, 0) is 30.4 Å². The van der Waals surface area contributed by atoms with Gasteiger partial charge in [0.2, 0.25) is 5.91 Å². The number of amides is 1. The molecule has 0 aliphatic carbocycles. The molecule has 1 amide bonds. The minimum atomic E-state index is -3.01. The van der Waals surface area contributed by atoms with Crippen molar-refractivity contribution in [1.82, 2.24) is 5.32 Å². The van der Waals surface area contributed by atoms with Crippen LogP contribution in [0.5, 0.6) is 5.75 Å². The standard InChI is InChI=1S/C36H55NO10/c1-4-5-6-9-12-15-28(38)16-13-10-7-8-11-14-17-30(36(46,35(44)45)25-32(39)40)33(41)37-31(34(42)43)24-27-18-20-29(21-19-27)47-23-22-26(2)3/h14,17-21,26,30-31,46H,4-13,15-16,22-25H2,1-3H3,(H,37,41)(H,39,40)(H,42,43)(H,44,45)/b17-14+. The molecule has 1 rings (SSSR count). The molecule has 0 aliphatic rings. The Hall–Kier alpha value is -3.73. The summed E-state index contributed by atoms with van der Waals surface area (Å²) >= 11 is 0. The first-order valence-electron chi connectivity index (χ1n) is 16.9. The maximum absolute atomic E-state index is 13.3. The molecular formula is C36H55NO10. The molecule has 3 atom stereocenters. The summed E-state index contributed by atoms with van der Waals surface area (Å²) in [6.07, 6.45) is 12.2. The van der Waals surface area contributed by atoms with E-state index in [0.717, 1.165) is 57.4 Å². The van der Waals surface area contributed by atoms with E-state index < -0.39 is 47.8 Å². The average molecular weight is 662 g/mol. The first kappa shape index (κ1) is 41.3. The van der Waals surface area contributed by atoms with Crippen molar-refractivity contribution >= 4 is 29.6 Å². The lowest BCUT2D eigenvalue weighted by Gasteiger charge is -2.29. The first-order chi connectivity index (χ1) is 22.3. The van der Waals surface area contributed by atoms with Crippen LogP contribution in [0.1, 0.15) is 116 Å². The third kappa shape index (κ3) is 17.1. The van der Waals surface area contributed by atoms with E-state index in [1.54, 1.807) is 24.3 Å². The van der Waals surface area contributed by atoms with Gasteiger partial charge in [-0.1, -0.05) is 83.6 Å². The van der Waals surface area contributed by atoms with E-state index in [2.05, 4.69) is 26.1 Å². The van der Waals surface area contributed by atoms with Gasteiger partial charge in [-0.15, -0.1) is 0 Å². The molecule has 11 heteroatoms. The quantitative estimate of drug-likeness (QED) is 0.0556. The molecule has 264 valence electrons. The molecule has 47 heavy (non-hydrogen) atoms. The van der Waals surface area contributed by atoms with Gasteiger partial charge in [0.1, 0.15) is 17.6 Å². The summed E-state index contributed by atoms with van der Waals surface area (Å²) in [5.41, 5.74) is -2.45. The van der Waals surface area contributed by atoms with E-state index in [4.69, 9.17) is 4.74 Å². The molecule has 5 N–H and O–H groups in total. The second-order valence-electron chi connectivity index (χ2n) is 12.6. The van der Waals surface area contributed by atoms with Crippen LogP contribution in [0.4, 0.5) is 0 Å². The summed E-state index contributed by atoms with van der Waals surface area (Å²) in [6.45, 7) is 6.84. The normalized spacial score (nSPS) is 14.0. The van der Waals surface area contributed by atoms with E-state index in [1.807, 2.05) is 0 Å². The maximum Gasteiger partial charge on any atom is 0.337 e. The fourth-order valence-electron chi connectivity index (χ4n) is 5.07. The van der Waals surface area contributed by atoms with Gasteiger partial charge in [-0.2, -0.15) is 0 Å². The molecule has 1 aromatic rings. The van der Waals surface area contributed by atoms with Crippen molar-refractivity contribution in [2.45, 2.75) is 129 Å². The summed E-state index contributed by atoms with van der Waals surface area (Å²) in [5.74, 6) is -6.58. The number of allylic oxidation sites excluding steroid dienone is 1. The number of aliphatic hydroxyl groups is 1. The Morgan fingerprint density at radius 2 is 1.47 bits per heavy atom. The van der Waals surface area contributed by atoms with Gasteiger partial charge in [-0.05, 0) is 55.7 Å². The van der Waals surface area contributed by atoms with Crippen LogP contribution in [0.3, 0.4) is 0 Å². The van der Waals surface area contributed by atoms with Crippen LogP contribution in [-0.4, -0.2) is 68.3 Å². The van der Waals surface area contributed by atoms with Gasteiger partial charge in [0.05, 0.1) is 18.9 Å². The fraction of sp³-hybridized carbons (Fsp3) is 0.639. The minimum absolute atomic E-state index is 0.143. The van der Waals surface area contributed by atoms with Crippen molar-refractivity contribution < 1.29 is 49.1 Å². The van der Waals surface area contributed by atoms with Crippen molar-refractivity contribution in [3.63, 3.8) is 0 Å². The first-order valence-corrected chi connectivity index (χ1v) is 16.9. The fourth-order valence-corrected chi connectivity index (χ4v) is 5.07. The van der Waals surface area contributed by atoms with E-state index in [1.165, 1.54) is 12.5 Å². The number of carbonyl (C=O) groups is 5. The van der Waals surface area contributed by atoms with Crippen molar-refractivity contribution in [3.05, 3.63) is 42.0 Å². The number of nitrogens with one attached hydrogen (secondary N) is 1. The second-order valence-corrected chi connectivity index (χ2v) is 12.6. The molecule has 0 saturated heterocycles. The minimum Gasteiger partial charge on any atom is -0.494 e. The topological polar surface area (TPSA) is 188 Å². The molecule has 0 fully saturated rings. The highest BCUT2D eigenvalue weighted by Gasteiger charge is 2.49. The van der Waals surface area contributed by atoms with Gasteiger partial charge in [-0.3, -0.25) is 14.4 Å². The van der Waals surface area contributed by atoms with E-state index in [-0.39, 0.29) is 12.2 Å². The number of benzene rings is 1. The summed E-state index contributed by atoms with van der Waals surface area (Å²) in [7, 11) is 0. The Bertz CT molecular complexity index is 1150. The summed E-state index contributed by atoms with van der Waals surface area (Å²) in [6, 6.07) is 5.21. The van der Waals surface area contributed by atoms with Crippen LogP contribution in [0, 0.1) is 11.8 Å². The van der Waals surface area contributed by atoms with Crippen LogP contribution in [0.25, 0.3) is 0 Å². The number of carbonyl (C=O) groups excluding carboxylic acids is 2. The van der Waals surface area contributed by atoms with Gasteiger partial charge in [0.15, 0.2) is 5.60 Å². The molecule has 0 bridgehead atoms. The van der Waals surface area contributed by atoms with E-state index >= 15 is 0 Å². The molecule has 0 spiro atoms. The number of ether oxygens (including phenoxy) is 1. The summed E-state index contributed by atoms with van der Waals surface area (Å²) in [5, 5.41) is 42.1. The summed E-state index contributed by atoms with van der Waals surface area (Å²) in [4.78, 5) is 60.9. The van der Waals surface area contributed by atoms with Gasteiger partial charge in [-0.25, -0.2) is 9.59 Å². The Kier molecular flexibility index (Phi) is 20.0. The Labute approximate surface area is 278 Å². The Morgan fingerprint density at radius 3 is 2.00 bits per heavy atom.